The number of nitrogens with one attached hydrogen (secondary N) is 1. The number of anilines is 1. The van der Waals surface area contributed by atoms with Gasteiger partial charge in [0.1, 0.15) is 0 Å². The molecule has 0 radical (unpaired) electrons. The maximum atomic E-state index is 11.5. The Kier molecular flexibility index (Phi) is 4.24. The van der Waals surface area contributed by atoms with Gasteiger partial charge in [-0.2, -0.15) is 0 Å². The Hall–Kier alpha value is -0.930. The van der Waals surface area contributed by atoms with Gasteiger partial charge in [0.25, 0.3) is 0 Å². The highest BCUT2D eigenvalue weighted by molar-refractivity contribution is 6.42. The number of rotatable bonds is 2. The van der Waals surface area contributed by atoms with E-state index in [1.807, 2.05) is 6.92 Å². The van der Waals surface area contributed by atoms with Crippen molar-refractivity contribution in [2.45, 2.75) is 6.92 Å². The standard InChI is InChI=1S/C10H12Cl2N2O/c1-3-14(2)10(15)13-7-4-5-8(11)9(12)6-7/h4-6H,3H2,1-2H3,(H,13,15). The predicted molar refractivity (Wildman–Crippen MR) is 63.8 cm³/mol. The van der Waals surface area contributed by atoms with Gasteiger partial charge in [-0.15, -0.1) is 0 Å². The number of carbonyl (C=O) groups is 1. The zero-order chi connectivity index (χ0) is 11.4. The first-order valence-electron chi connectivity index (χ1n) is 4.51. The Balaban J connectivity index is 2.73. The molecule has 0 aromatic heterocycles. The van der Waals surface area contributed by atoms with Crippen molar-refractivity contribution in [3.8, 4) is 0 Å². The van der Waals surface area contributed by atoms with E-state index in [1.54, 1.807) is 30.1 Å². The molecular formula is C10H12Cl2N2O. The van der Waals surface area contributed by atoms with Gasteiger partial charge < -0.3 is 10.2 Å². The maximum Gasteiger partial charge on any atom is 0.321 e. The number of carbonyl (C=O) groups excluding carboxylic acids is 1. The summed E-state index contributed by atoms with van der Waals surface area (Å²) in [7, 11) is 1.72. The van der Waals surface area contributed by atoms with Crippen molar-refractivity contribution in [3.05, 3.63) is 28.2 Å². The van der Waals surface area contributed by atoms with Crippen LogP contribution in [0, 0.1) is 0 Å². The lowest BCUT2D eigenvalue weighted by molar-refractivity contribution is 0.224. The van der Waals surface area contributed by atoms with Crippen molar-refractivity contribution < 1.29 is 4.79 Å². The van der Waals surface area contributed by atoms with Gasteiger partial charge in [0.15, 0.2) is 0 Å². The van der Waals surface area contributed by atoms with Crippen molar-refractivity contribution in [1.29, 1.82) is 0 Å². The quantitative estimate of drug-likeness (QED) is 0.852. The Bertz CT molecular complexity index is 368. The minimum atomic E-state index is -0.170. The summed E-state index contributed by atoms with van der Waals surface area (Å²) in [4.78, 5) is 13.0. The second-order valence-electron chi connectivity index (χ2n) is 3.07. The Morgan fingerprint density at radius 3 is 2.60 bits per heavy atom. The number of hydrogen-bond acceptors (Lipinski definition) is 1. The molecule has 1 aromatic carbocycles. The smallest absolute Gasteiger partial charge is 0.321 e. The zero-order valence-electron chi connectivity index (χ0n) is 8.55. The van der Waals surface area contributed by atoms with Crippen LogP contribution in [0.25, 0.3) is 0 Å². The summed E-state index contributed by atoms with van der Waals surface area (Å²) in [6.07, 6.45) is 0. The van der Waals surface area contributed by atoms with Crippen molar-refractivity contribution in [2.75, 3.05) is 18.9 Å². The molecule has 0 saturated heterocycles. The summed E-state index contributed by atoms with van der Waals surface area (Å²) in [5.74, 6) is 0. The van der Waals surface area contributed by atoms with Crippen LogP contribution in [0.1, 0.15) is 6.92 Å². The van der Waals surface area contributed by atoms with E-state index in [2.05, 4.69) is 5.32 Å². The van der Waals surface area contributed by atoms with Crippen LogP contribution in [0.15, 0.2) is 18.2 Å². The Labute approximate surface area is 99.0 Å². The molecule has 15 heavy (non-hydrogen) atoms. The van der Waals surface area contributed by atoms with Gasteiger partial charge in [0.2, 0.25) is 0 Å². The van der Waals surface area contributed by atoms with E-state index in [0.717, 1.165) is 0 Å². The molecule has 0 bridgehead atoms. The summed E-state index contributed by atoms with van der Waals surface area (Å²) < 4.78 is 0. The van der Waals surface area contributed by atoms with Crippen LogP contribution in [0.5, 0.6) is 0 Å². The van der Waals surface area contributed by atoms with E-state index in [4.69, 9.17) is 23.2 Å². The number of hydrogen-bond donors (Lipinski definition) is 1. The molecule has 5 heteroatoms. The van der Waals surface area contributed by atoms with Crippen LogP contribution in [-0.2, 0) is 0 Å². The minimum absolute atomic E-state index is 0.170. The lowest BCUT2D eigenvalue weighted by Gasteiger charge is -2.15. The van der Waals surface area contributed by atoms with Gasteiger partial charge in [-0.3, -0.25) is 0 Å². The van der Waals surface area contributed by atoms with Gasteiger partial charge in [-0.1, -0.05) is 23.2 Å². The third-order valence-electron chi connectivity index (χ3n) is 1.99. The second-order valence-corrected chi connectivity index (χ2v) is 3.89. The van der Waals surface area contributed by atoms with Crippen LogP contribution < -0.4 is 5.32 Å². The topological polar surface area (TPSA) is 32.3 Å². The number of halogens is 2. The summed E-state index contributed by atoms with van der Waals surface area (Å²) >= 11 is 11.6. The van der Waals surface area contributed by atoms with Crippen molar-refractivity contribution >= 4 is 34.9 Å². The summed E-state index contributed by atoms with van der Waals surface area (Å²) in [5.41, 5.74) is 0.634. The molecule has 2 amide bonds. The molecule has 82 valence electrons. The fourth-order valence-electron chi connectivity index (χ4n) is 0.936. The molecule has 0 heterocycles. The molecule has 0 aliphatic rings. The monoisotopic (exact) mass is 246 g/mol. The molecule has 0 saturated carbocycles. The maximum absolute atomic E-state index is 11.5. The summed E-state index contributed by atoms with van der Waals surface area (Å²) in [5, 5.41) is 3.60. The minimum Gasteiger partial charge on any atom is -0.328 e. The van der Waals surface area contributed by atoms with Gasteiger partial charge in [0, 0.05) is 19.3 Å². The van der Waals surface area contributed by atoms with Crippen molar-refractivity contribution in [3.63, 3.8) is 0 Å². The number of amides is 2. The fraction of sp³-hybridized carbons (Fsp3) is 0.300. The number of urea groups is 1. The molecule has 0 spiro atoms. The van der Waals surface area contributed by atoms with Gasteiger partial charge in [0.05, 0.1) is 10.0 Å². The first kappa shape index (κ1) is 12.1. The van der Waals surface area contributed by atoms with Crippen LogP contribution >= 0.6 is 23.2 Å². The van der Waals surface area contributed by atoms with Crippen LogP contribution in [-0.4, -0.2) is 24.5 Å². The lowest BCUT2D eigenvalue weighted by atomic mass is 10.3. The summed E-state index contributed by atoms with van der Waals surface area (Å²) in [6.45, 7) is 2.54. The molecule has 0 aliphatic heterocycles. The zero-order valence-corrected chi connectivity index (χ0v) is 10.1. The highest BCUT2D eigenvalue weighted by Gasteiger charge is 2.07. The van der Waals surface area contributed by atoms with Gasteiger partial charge in [-0.05, 0) is 25.1 Å². The van der Waals surface area contributed by atoms with E-state index in [1.165, 1.54) is 0 Å². The molecule has 1 aromatic rings. The van der Waals surface area contributed by atoms with E-state index >= 15 is 0 Å². The van der Waals surface area contributed by atoms with Crippen LogP contribution in [0.2, 0.25) is 10.0 Å². The molecule has 0 fully saturated rings. The SMILES string of the molecule is CCN(C)C(=O)Nc1ccc(Cl)c(Cl)c1. The first-order chi connectivity index (χ1) is 7.04. The Morgan fingerprint density at radius 1 is 1.40 bits per heavy atom. The molecule has 1 rings (SSSR count). The largest absolute Gasteiger partial charge is 0.328 e. The third-order valence-corrected chi connectivity index (χ3v) is 2.73. The molecule has 1 N–H and O–H groups in total. The Morgan fingerprint density at radius 2 is 2.07 bits per heavy atom. The van der Waals surface area contributed by atoms with Gasteiger partial charge in [-0.25, -0.2) is 4.79 Å². The normalized spacial score (nSPS) is 9.87. The second kappa shape index (κ2) is 5.24. The van der Waals surface area contributed by atoms with E-state index < -0.39 is 0 Å². The van der Waals surface area contributed by atoms with E-state index in [0.29, 0.717) is 22.3 Å². The molecular weight excluding hydrogens is 235 g/mol. The molecule has 0 unspecified atom stereocenters. The van der Waals surface area contributed by atoms with Gasteiger partial charge >= 0.3 is 6.03 Å². The lowest BCUT2D eigenvalue weighted by Crippen LogP contribution is -2.30. The van der Waals surface area contributed by atoms with Crippen molar-refractivity contribution in [2.24, 2.45) is 0 Å². The average molecular weight is 247 g/mol. The van der Waals surface area contributed by atoms with E-state index in [-0.39, 0.29) is 6.03 Å². The average Bonchev–Trinajstić information content (AvgIpc) is 2.22. The fourth-order valence-corrected chi connectivity index (χ4v) is 1.23. The molecule has 3 nitrogen and oxygen atoms in total. The number of nitrogens with zero attached hydrogens (tertiary/aromatic N) is 1. The highest BCUT2D eigenvalue weighted by atomic mass is 35.5. The predicted octanol–water partition coefficient (Wildman–Crippen LogP) is 3.48. The summed E-state index contributed by atoms with van der Waals surface area (Å²) in [6, 6.07) is 4.79. The number of benzene rings is 1. The van der Waals surface area contributed by atoms with Crippen LogP contribution in [0.3, 0.4) is 0 Å². The first-order valence-corrected chi connectivity index (χ1v) is 5.27. The van der Waals surface area contributed by atoms with Crippen molar-refractivity contribution in [1.82, 2.24) is 4.90 Å². The van der Waals surface area contributed by atoms with Crippen LogP contribution in [0.4, 0.5) is 10.5 Å². The molecule has 0 aliphatic carbocycles. The third kappa shape index (κ3) is 3.29. The molecule has 0 atom stereocenters. The van der Waals surface area contributed by atoms with E-state index in [9.17, 15) is 4.79 Å². The highest BCUT2D eigenvalue weighted by Crippen LogP contribution is 2.24.